The molecule has 2 heterocycles. The van der Waals surface area contributed by atoms with Gasteiger partial charge in [-0.15, -0.1) is 0 Å². The smallest absolute Gasteiger partial charge is 0.254 e. The van der Waals surface area contributed by atoms with Gasteiger partial charge in [0.05, 0.1) is 14.2 Å². The Morgan fingerprint density at radius 1 is 0.848 bits per heavy atom. The highest BCUT2D eigenvalue weighted by Gasteiger charge is 2.19. The van der Waals surface area contributed by atoms with Gasteiger partial charge in [-0.3, -0.25) is 9.78 Å². The summed E-state index contributed by atoms with van der Waals surface area (Å²) >= 11 is 0. The van der Waals surface area contributed by atoms with Crippen LogP contribution in [0.1, 0.15) is 40.7 Å². The van der Waals surface area contributed by atoms with E-state index in [9.17, 15) is 4.79 Å². The zero-order valence-electron chi connectivity index (χ0n) is 19.4. The number of anilines is 1. The summed E-state index contributed by atoms with van der Waals surface area (Å²) in [6.07, 6.45) is 7.26. The van der Waals surface area contributed by atoms with Crippen molar-refractivity contribution in [2.45, 2.75) is 32.4 Å². The number of piperidine rings is 1. The second kappa shape index (κ2) is 10.9. The number of hydrogen-bond donors (Lipinski definition) is 0. The Hall–Kier alpha value is -3.54. The van der Waals surface area contributed by atoms with Gasteiger partial charge in [0, 0.05) is 49.8 Å². The van der Waals surface area contributed by atoms with Crippen LogP contribution in [0.5, 0.6) is 11.5 Å². The maximum absolute atomic E-state index is 13.6. The van der Waals surface area contributed by atoms with Crippen molar-refractivity contribution in [3.63, 3.8) is 0 Å². The number of ether oxygens (including phenoxy) is 2. The van der Waals surface area contributed by atoms with Crippen molar-refractivity contribution in [2.75, 3.05) is 32.2 Å². The lowest BCUT2D eigenvalue weighted by atomic mass is 10.1. The molecule has 6 heteroatoms. The van der Waals surface area contributed by atoms with Crippen molar-refractivity contribution in [3.05, 3.63) is 83.7 Å². The molecule has 172 valence electrons. The third-order valence-electron chi connectivity index (χ3n) is 6.07. The van der Waals surface area contributed by atoms with Gasteiger partial charge in [-0.2, -0.15) is 0 Å². The molecule has 0 radical (unpaired) electrons. The van der Waals surface area contributed by atoms with Crippen LogP contribution in [0.3, 0.4) is 0 Å². The van der Waals surface area contributed by atoms with Crippen LogP contribution in [0.4, 0.5) is 5.69 Å². The van der Waals surface area contributed by atoms with E-state index in [1.54, 1.807) is 26.6 Å². The van der Waals surface area contributed by atoms with Crippen LogP contribution in [-0.4, -0.2) is 43.1 Å². The summed E-state index contributed by atoms with van der Waals surface area (Å²) < 4.78 is 10.8. The molecule has 0 saturated carbocycles. The lowest BCUT2D eigenvalue weighted by Crippen LogP contribution is -2.31. The van der Waals surface area contributed by atoms with Crippen molar-refractivity contribution < 1.29 is 14.3 Å². The SMILES string of the molecule is COc1ccc(CN(Cc2ccncc2)C(=O)c2ccc(N3CCCCC3)cc2)cc1OC. The summed E-state index contributed by atoms with van der Waals surface area (Å²) in [6.45, 7) is 3.11. The Morgan fingerprint density at radius 3 is 2.18 bits per heavy atom. The van der Waals surface area contributed by atoms with Gasteiger partial charge in [-0.1, -0.05) is 6.07 Å². The van der Waals surface area contributed by atoms with Crippen molar-refractivity contribution in [1.82, 2.24) is 9.88 Å². The summed E-state index contributed by atoms with van der Waals surface area (Å²) in [4.78, 5) is 21.9. The number of nitrogens with zero attached hydrogens (tertiary/aromatic N) is 3. The van der Waals surface area contributed by atoms with Crippen LogP contribution >= 0.6 is 0 Å². The highest BCUT2D eigenvalue weighted by molar-refractivity contribution is 5.94. The predicted octanol–water partition coefficient (Wildman–Crippen LogP) is 4.93. The molecule has 4 rings (SSSR count). The molecule has 1 fully saturated rings. The maximum Gasteiger partial charge on any atom is 0.254 e. The maximum atomic E-state index is 13.6. The number of carbonyl (C=O) groups excluding carboxylic acids is 1. The van der Waals surface area contributed by atoms with Gasteiger partial charge in [0.2, 0.25) is 0 Å². The van der Waals surface area contributed by atoms with Crippen LogP contribution in [0.25, 0.3) is 0 Å². The summed E-state index contributed by atoms with van der Waals surface area (Å²) in [5.74, 6) is 1.31. The Morgan fingerprint density at radius 2 is 1.52 bits per heavy atom. The summed E-state index contributed by atoms with van der Waals surface area (Å²) in [7, 11) is 3.23. The predicted molar refractivity (Wildman–Crippen MR) is 130 cm³/mol. The molecule has 3 aromatic rings. The van der Waals surface area contributed by atoms with Crippen LogP contribution in [0.2, 0.25) is 0 Å². The molecule has 0 bridgehead atoms. The average Bonchev–Trinajstić information content (AvgIpc) is 2.89. The molecular weight excluding hydrogens is 414 g/mol. The van der Waals surface area contributed by atoms with Gasteiger partial charge in [0.1, 0.15) is 0 Å². The normalized spacial score (nSPS) is 13.5. The molecular formula is C27H31N3O3. The molecule has 0 spiro atoms. The molecule has 1 amide bonds. The molecule has 0 atom stereocenters. The summed E-state index contributed by atoms with van der Waals surface area (Å²) in [6, 6.07) is 17.7. The van der Waals surface area contributed by atoms with E-state index in [1.165, 1.54) is 24.9 Å². The first-order valence-electron chi connectivity index (χ1n) is 11.4. The quantitative estimate of drug-likeness (QED) is 0.492. The molecule has 33 heavy (non-hydrogen) atoms. The van der Waals surface area contributed by atoms with Crippen LogP contribution in [0, 0.1) is 0 Å². The largest absolute Gasteiger partial charge is 0.493 e. The molecule has 0 N–H and O–H groups in total. The van der Waals surface area contributed by atoms with Crippen LogP contribution in [0.15, 0.2) is 67.0 Å². The van der Waals surface area contributed by atoms with E-state index in [0.717, 1.165) is 24.2 Å². The first kappa shape index (κ1) is 22.6. The van der Waals surface area contributed by atoms with Gasteiger partial charge in [-0.05, 0) is 78.9 Å². The first-order chi connectivity index (χ1) is 16.2. The average molecular weight is 446 g/mol. The molecule has 1 aliphatic heterocycles. The van der Waals surface area contributed by atoms with Gasteiger partial charge in [0.25, 0.3) is 5.91 Å². The molecule has 0 aliphatic carbocycles. The lowest BCUT2D eigenvalue weighted by Gasteiger charge is -2.29. The van der Waals surface area contributed by atoms with Crippen molar-refractivity contribution in [1.29, 1.82) is 0 Å². The Kier molecular flexibility index (Phi) is 7.45. The second-order valence-electron chi connectivity index (χ2n) is 8.30. The van der Waals surface area contributed by atoms with E-state index in [4.69, 9.17) is 9.47 Å². The molecule has 6 nitrogen and oxygen atoms in total. The number of methoxy groups -OCH3 is 2. The zero-order valence-corrected chi connectivity index (χ0v) is 19.4. The summed E-state index contributed by atoms with van der Waals surface area (Å²) in [5, 5.41) is 0. The van der Waals surface area contributed by atoms with E-state index < -0.39 is 0 Å². The highest BCUT2D eigenvalue weighted by Crippen LogP contribution is 2.29. The van der Waals surface area contributed by atoms with Crippen LogP contribution < -0.4 is 14.4 Å². The number of carbonyl (C=O) groups is 1. The van der Waals surface area contributed by atoms with E-state index in [0.29, 0.717) is 30.2 Å². The minimum atomic E-state index is -0.00760. The van der Waals surface area contributed by atoms with Crippen LogP contribution in [-0.2, 0) is 13.1 Å². The fourth-order valence-electron chi connectivity index (χ4n) is 4.26. The van der Waals surface area contributed by atoms with E-state index in [1.807, 2.05) is 47.4 Å². The monoisotopic (exact) mass is 445 g/mol. The highest BCUT2D eigenvalue weighted by atomic mass is 16.5. The third-order valence-corrected chi connectivity index (χ3v) is 6.07. The van der Waals surface area contributed by atoms with Gasteiger partial charge >= 0.3 is 0 Å². The topological polar surface area (TPSA) is 54.9 Å². The fraction of sp³-hybridized carbons (Fsp3) is 0.333. The lowest BCUT2D eigenvalue weighted by molar-refractivity contribution is 0.0730. The number of rotatable bonds is 8. The molecule has 1 aromatic heterocycles. The third kappa shape index (κ3) is 5.64. The number of pyridine rings is 1. The number of aromatic nitrogens is 1. The van der Waals surface area contributed by atoms with Crippen molar-refractivity contribution in [3.8, 4) is 11.5 Å². The molecule has 0 unspecified atom stereocenters. The van der Waals surface area contributed by atoms with Crippen molar-refractivity contribution in [2.24, 2.45) is 0 Å². The zero-order chi connectivity index (χ0) is 23.0. The molecule has 1 aliphatic rings. The Bertz CT molecular complexity index is 1050. The molecule has 1 saturated heterocycles. The van der Waals surface area contributed by atoms with Gasteiger partial charge in [-0.25, -0.2) is 0 Å². The van der Waals surface area contributed by atoms with Gasteiger partial charge < -0.3 is 19.3 Å². The second-order valence-corrected chi connectivity index (χ2v) is 8.30. The Labute approximate surface area is 195 Å². The standard InChI is InChI=1S/C27H31N3O3/c1-32-25-11-6-22(18-26(25)33-2)20-30(19-21-12-14-28-15-13-21)27(31)23-7-9-24(10-8-23)29-16-4-3-5-17-29/h6-15,18H,3-5,16-17,19-20H2,1-2H3. The molecule has 2 aromatic carbocycles. The number of hydrogen-bond acceptors (Lipinski definition) is 5. The fourth-order valence-corrected chi connectivity index (χ4v) is 4.26. The van der Waals surface area contributed by atoms with E-state index in [-0.39, 0.29) is 5.91 Å². The number of amides is 1. The number of benzene rings is 2. The van der Waals surface area contributed by atoms with E-state index >= 15 is 0 Å². The van der Waals surface area contributed by atoms with Gasteiger partial charge in [0.15, 0.2) is 11.5 Å². The minimum absolute atomic E-state index is 0.00760. The summed E-state index contributed by atoms with van der Waals surface area (Å²) in [5.41, 5.74) is 3.88. The minimum Gasteiger partial charge on any atom is -0.493 e. The first-order valence-corrected chi connectivity index (χ1v) is 11.4. The van der Waals surface area contributed by atoms with Crippen molar-refractivity contribution >= 4 is 11.6 Å². The Balaban J connectivity index is 1.56. The van der Waals surface area contributed by atoms with E-state index in [2.05, 4.69) is 22.0 Å².